The highest BCUT2D eigenvalue weighted by Gasteiger charge is 2.26. The molecule has 0 aliphatic carbocycles. The van der Waals surface area contributed by atoms with Gasteiger partial charge in [0, 0.05) is 47.6 Å². The molecule has 2 fully saturated rings. The van der Waals surface area contributed by atoms with E-state index in [4.69, 9.17) is 0 Å². The van der Waals surface area contributed by atoms with Crippen LogP contribution in [-0.4, -0.2) is 42.9 Å². The number of anilines is 2. The number of carbonyl (C=O) groups excluding carboxylic acids is 2. The Bertz CT molecular complexity index is 930. The van der Waals surface area contributed by atoms with Crippen molar-refractivity contribution in [3.63, 3.8) is 0 Å². The van der Waals surface area contributed by atoms with E-state index in [1.165, 1.54) is 6.42 Å². The van der Waals surface area contributed by atoms with E-state index in [1.54, 1.807) is 12.1 Å². The second kappa shape index (κ2) is 9.86. The Morgan fingerprint density at radius 1 is 0.935 bits per heavy atom. The number of halogens is 1. The van der Waals surface area contributed by atoms with Crippen molar-refractivity contribution in [2.45, 2.75) is 39.0 Å². The molecule has 0 bridgehead atoms. The van der Waals surface area contributed by atoms with Crippen LogP contribution in [0, 0.1) is 5.92 Å². The van der Waals surface area contributed by atoms with Crippen LogP contribution in [0.1, 0.15) is 59.7 Å². The Morgan fingerprint density at radius 2 is 1.61 bits per heavy atom. The van der Waals surface area contributed by atoms with Gasteiger partial charge < -0.3 is 15.1 Å². The van der Waals surface area contributed by atoms with Gasteiger partial charge in [0.2, 0.25) is 0 Å². The van der Waals surface area contributed by atoms with Crippen molar-refractivity contribution in [1.29, 1.82) is 0 Å². The lowest BCUT2D eigenvalue weighted by Gasteiger charge is -2.34. The van der Waals surface area contributed by atoms with Gasteiger partial charge in [-0.2, -0.15) is 0 Å². The van der Waals surface area contributed by atoms with Crippen LogP contribution < -0.4 is 10.2 Å². The molecule has 2 aliphatic rings. The van der Waals surface area contributed by atoms with Gasteiger partial charge in [0.15, 0.2) is 0 Å². The molecule has 31 heavy (non-hydrogen) atoms. The number of nitrogens with one attached hydrogen (secondary N) is 1. The van der Waals surface area contributed by atoms with Crippen LogP contribution in [0.3, 0.4) is 0 Å². The van der Waals surface area contributed by atoms with Crippen molar-refractivity contribution in [2.75, 3.05) is 36.4 Å². The van der Waals surface area contributed by atoms with E-state index in [9.17, 15) is 9.59 Å². The number of benzene rings is 2. The van der Waals surface area contributed by atoms with Crippen LogP contribution in [0.5, 0.6) is 0 Å². The summed E-state index contributed by atoms with van der Waals surface area (Å²) >= 11 is 3.40. The quantitative estimate of drug-likeness (QED) is 0.618. The van der Waals surface area contributed by atoms with Gasteiger partial charge in [0.05, 0.1) is 5.56 Å². The Hall–Kier alpha value is -2.34. The predicted molar refractivity (Wildman–Crippen MR) is 129 cm³/mol. The lowest BCUT2D eigenvalue weighted by Crippen LogP contribution is -2.39. The van der Waals surface area contributed by atoms with Crippen LogP contribution in [0.2, 0.25) is 0 Å². The summed E-state index contributed by atoms with van der Waals surface area (Å²) in [6, 6.07) is 13.0. The molecule has 4 rings (SSSR count). The molecule has 6 heteroatoms. The molecule has 0 unspecified atom stereocenters. The fraction of sp³-hybridized carbons (Fsp3) is 0.440. The third kappa shape index (κ3) is 5.29. The van der Waals surface area contributed by atoms with E-state index in [1.807, 2.05) is 35.2 Å². The predicted octanol–water partition coefficient (Wildman–Crippen LogP) is 5.56. The van der Waals surface area contributed by atoms with Gasteiger partial charge in [-0.05, 0) is 80.5 Å². The number of piperidine rings is 2. The molecule has 0 spiro atoms. The summed E-state index contributed by atoms with van der Waals surface area (Å²) in [5, 5.41) is 2.97. The highest BCUT2D eigenvalue weighted by molar-refractivity contribution is 9.10. The zero-order valence-electron chi connectivity index (χ0n) is 18.1. The van der Waals surface area contributed by atoms with E-state index in [-0.39, 0.29) is 11.8 Å². The summed E-state index contributed by atoms with van der Waals surface area (Å²) in [4.78, 5) is 30.5. The number of likely N-dealkylation sites (tertiary alicyclic amines) is 1. The van der Waals surface area contributed by atoms with Gasteiger partial charge >= 0.3 is 0 Å². The van der Waals surface area contributed by atoms with Crippen molar-refractivity contribution in [2.24, 2.45) is 5.92 Å². The van der Waals surface area contributed by atoms with Crippen LogP contribution in [0.4, 0.5) is 11.4 Å². The second-order valence-electron chi connectivity index (χ2n) is 8.72. The van der Waals surface area contributed by atoms with Crippen molar-refractivity contribution in [1.82, 2.24) is 4.90 Å². The first kappa shape index (κ1) is 21.9. The average molecular weight is 484 g/mol. The van der Waals surface area contributed by atoms with Gasteiger partial charge in [-0.1, -0.05) is 22.9 Å². The Balaban J connectivity index is 1.60. The number of rotatable bonds is 4. The Kier molecular flexibility index (Phi) is 6.96. The Labute approximate surface area is 192 Å². The lowest BCUT2D eigenvalue weighted by atomic mass is 9.98. The normalized spacial score (nSPS) is 17.5. The average Bonchev–Trinajstić information content (AvgIpc) is 2.80. The molecule has 0 atom stereocenters. The number of hydrogen-bond donors (Lipinski definition) is 1. The van der Waals surface area contributed by atoms with Crippen LogP contribution in [-0.2, 0) is 0 Å². The molecule has 2 heterocycles. The van der Waals surface area contributed by atoms with Crippen molar-refractivity contribution in [3.05, 3.63) is 58.1 Å². The number of nitrogens with zero attached hydrogens (tertiary/aromatic N) is 2. The fourth-order valence-corrected chi connectivity index (χ4v) is 4.65. The first-order valence-electron chi connectivity index (χ1n) is 11.3. The number of hydrogen-bond acceptors (Lipinski definition) is 3. The first-order valence-corrected chi connectivity index (χ1v) is 12.1. The van der Waals surface area contributed by atoms with Gasteiger partial charge in [0.25, 0.3) is 11.8 Å². The minimum atomic E-state index is -0.177. The zero-order chi connectivity index (χ0) is 21.8. The van der Waals surface area contributed by atoms with E-state index in [0.717, 1.165) is 62.0 Å². The number of amides is 2. The van der Waals surface area contributed by atoms with E-state index in [0.29, 0.717) is 22.7 Å². The summed E-state index contributed by atoms with van der Waals surface area (Å²) in [7, 11) is 0. The van der Waals surface area contributed by atoms with Crippen LogP contribution in [0.15, 0.2) is 46.9 Å². The number of carbonyl (C=O) groups is 2. The van der Waals surface area contributed by atoms with E-state index < -0.39 is 0 Å². The monoisotopic (exact) mass is 483 g/mol. The molecule has 2 aromatic carbocycles. The molecule has 0 saturated carbocycles. The minimum Gasteiger partial charge on any atom is -0.371 e. The first-order chi connectivity index (χ1) is 15.0. The van der Waals surface area contributed by atoms with E-state index >= 15 is 0 Å². The Morgan fingerprint density at radius 3 is 2.29 bits per heavy atom. The summed E-state index contributed by atoms with van der Waals surface area (Å²) in [5.41, 5.74) is 2.93. The van der Waals surface area contributed by atoms with Gasteiger partial charge in [0.1, 0.15) is 0 Å². The van der Waals surface area contributed by atoms with Crippen LogP contribution in [0.25, 0.3) is 0 Å². The summed E-state index contributed by atoms with van der Waals surface area (Å²) in [6.45, 7) is 5.80. The molecule has 5 nitrogen and oxygen atoms in total. The maximum Gasteiger partial charge on any atom is 0.256 e. The molecular weight excluding hydrogens is 454 g/mol. The van der Waals surface area contributed by atoms with Crippen molar-refractivity contribution < 1.29 is 9.59 Å². The van der Waals surface area contributed by atoms with Gasteiger partial charge in [-0.3, -0.25) is 9.59 Å². The fourth-order valence-electron chi connectivity index (χ4n) is 4.38. The smallest absolute Gasteiger partial charge is 0.256 e. The molecule has 2 saturated heterocycles. The van der Waals surface area contributed by atoms with Gasteiger partial charge in [-0.25, -0.2) is 0 Å². The van der Waals surface area contributed by atoms with Crippen molar-refractivity contribution in [3.8, 4) is 0 Å². The summed E-state index contributed by atoms with van der Waals surface area (Å²) in [6.07, 6.45) is 5.63. The molecule has 1 N–H and O–H groups in total. The highest BCUT2D eigenvalue weighted by Crippen LogP contribution is 2.30. The summed E-state index contributed by atoms with van der Waals surface area (Å²) in [5.74, 6) is 0.567. The molecule has 0 aromatic heterocycles. The molecule has 2 aliphatic heterocycles. The molecule has 2 aromatic rings. The largest absolute Gasteiger partial charge is 0.371 e. The zero-order valence-corrected chi connectivity index (χ0v) is 19.7. The maximum absolute atomic E-state index is 13.5. The highest BCUT2D eigenvalue weighted by atomic mass is 79.9. The standard InChI is InChI=1S/C25H30BrN3O2/c1-18-11-15-29(16-12-18)25(31)22-17-21(9-10-23(22)28-13-3-2-4-14-28)27-24(30)19-5-7-20(26)8-6-19/h5-10,17-18H,2-4,11-16H2,1H3,(H,27,30). The third-order valence-corrected chi connectivity index (χ3v) is 6.89. The maximum atomic E-state index is 13.5. The lowest BCUT2D eigenvalue weighted by molar-refractivity contribution is 0.0697. The van der Waals surface area contributed by atoms with Gasteiger partial charge in [-0.15, -0.1) is 0 Å². The van der Waals surface area contributed by atoms with Crippen LogP contribution >= 0.6 is 15.9 Å². The molecule has 2 amide bonds. The van der Waals surface area contributed by atoms with E-state index in [2.05, 4.69) is 33.1 Å². The van der Waals surface area contributed by atoms with Crippen molar-refractivity contribution >= 4 is 39.1 Å². The SMILES string of the molecule is CC1CCN(C(=O)c2cc(NC(=O)c3ccc(Br)cc3)ccc2N2CCCCC2)CC1. The molecule has 164 valence electrons. The summed E-state index contributed by atoms with van der Waals surface area (Å²) < 4.78 is 0.929. The topological polar surface area (TPSA) is 52.7 Å². The molecular formula is C25H30BrN3O2. The third-order valence-electron chi connectivity index (χ3n) is 6.36. The molecule has 0 radical (unpaired) electrons. The second-order valence-corrected chi connectivity index (χ2v) is 9.63. The minimum absolute atomic E-state index is 0.0761.